The number of thioether (sulfide) groups is 1. The van der Waals surface area contributed by atoms with E-state index < -0.39 is 0 Å². The molecule has 1 heterocycles. The molecule has 1 aliphatic heterocycles. The highest BCUT2D eigenvalue weighted by atomic mass is 32.2. The lowest BCUT2D eigenvalue weighted by Gasteiger charge is -2.13. The highest BCUT2D eigenvalue weighted by Gasteiger charge is 2.34. The number of nitrogens with zero attached hydrogens (tertiary/aromatic N) is 3. The number of hydrogen-bond acceptors (Lipinski definition) is 5. The average Bonchev–Trinajstić information content (AvgIpc) is 2.89. The minimum Gasteiger partial charge on any atom is -0.273 e. The first kappa shape index (κ1) is 15.4. The number of amidine groups is 1. The molecule has 0 saturated carbocycles. The van der Waals surface area contributed by atoms with E-state index in [0.717, 1.165) is 23.5 Å². The number of imide groups is 1. The van der Waals surface area contributed by atoms with Crippen LogP contribution in [0.4, 0.5) is 0 Å². The minimum absolute atomic E-state index is 0.223. The summed E-state index contributed by atoms with van der Waals surface area (Å²) < 4.78 is 0. The number of carbonyl (C=O) groups excluding carboxylic acids is 2. The first-order valence-electron chi connectivity index (χ1n) is 6.85. The molecule has 6 heteroatoms. The molecule has 1 aromatic rings. The van der Waals surface area contributed by atoms with Crippen LogP contribution >= 0.6 is 11.8 Å². The SMILES string of the molecule is CCC(CC)=N/N=C1/SCC(=O)N1C(=O)c1ccccc1. The van der Waals surface area contributed by atoms with Crippen LogP contribution in [0.3, 0.4) is 0 Å². The van der Waals surface area contributed by atoms with E-state index in [1.54, 1.807) is 24.3 Å². The summed E-state index contributed by atoms with van der Waals surface area (Å²) in [6, 6.07) is 8.72. The Morgan fingerprint density at radius 2 is 1.90 bits per heavy atom. The normalized spacial score (nSPS) is 16.4. The number of carbonyl (C=O) groups is 2. The van der Waals surface area contributed by atoms with Crippen LogP contribution in [0, 0.1) is 0 Å². The second kappa shape index (κ2) is 7.17. The monoisotopic (exact) mass is 303 g/mol. The molecule has 2 amide bonds. The molecule has 0 spiro atoms. The van der Waals surface area contributed by atoms with Crippen molar-refractivity contribution in [2.75, 3.05) is 5.75 Å². The van der Waals surface area contributed by atoms with Crippen molar-refractivity contribution >= 4 is 34.5 Å². The third-order valence-electron chi connectivity index (χ3n) is 3.08. The van der Waals surface area contributed by atoms with Gasteiger partial charge < -0.3 is 0 Å². The van der Waals surface area contributed by atoms with Crippen LogP contribution in [0.1, 0.15) is 37.0 Å². The predicted molar refractivity (Wildman–Crippen MR) is 85.5 cm³/mol. The lowest BCUT2D eigenvalue weighted by Crippen LogP contribution is -2.35. The van der Waals surface area contributed by atoms with Gasteiger partial charge in [-0.2, -0.15) is 5.10 Å². The fourth-order valence-electron chi connectivity index (χ4n) is 1.85. The molecule has 5 nitrogen and oxygen atoms in total. The van der Waals surface area contributed by atoms with E-state index in [2.05, 4.69) is 10.2 Å². The molecule has 0 bridgehead atoms. The average molecular weight is 303 g/mol. The summed E-state index contributed by atoms with van der Waals surface area (Å²) in [5.41, 5.74) is 1.41. The maximum absolute atomic E-state index is 12.4. The molecule has 0 aromatic heterocycles. The summed E-state index contributed by atoms with van der Waals surface area (Å²) in [5.74, 6) is -0.382. The quantitative estimate of drug-likeness (QED) is 0.488. The molecule has 0 unspecified atom stereocenters. The molecule has 1 aliphatic rings. The topological polar surface area (TPSA) is 62.1 Å². The zero-order valence-electron chi connectivity index (χ0n) is 12.1. The van der Waals surface area contributed by atoms with Gasteiger partial charge >= 0.3 is 0 Å². The smallest absolute Gasteiger partial charge is 0.266 e. The van der Waals surface area contributed by atoms with Crippen molar-refractivity contribution in [2.24, 2.45) is 10.2 Å². The van der Waals surface area contributed by atoms with Crippen LogP contribution in [0.15, 0.2) is 40.5 Å². The molecule has 0 radical (unpaired) electrons. The molecule has 0 aliphatic carbocycles. The second-order valence-corrected chi connectivity index (χ2v) is 5.39. The Morgan fingerprint density at radius 1 is 1.24 bits per heavy atom. The minimum atomic E-state index is -0.353. The molecular formula is C15H17N3O2S. The number of amides is 2. The van der Waals surface area contributed by atoms with E-state index in [1.807, 2.05) is 19.9 Å². The summed E-state index contributed by atoms with van der Waals surface area (Å²) in [6.07, 6.45) is 1.61. The van der Waals surface area contributed by atoms with E-state index in [1.165, 1.54) is 11.8 Å². The van der Waals surface area contributed by atoms with Gasteiger partial charge in [-0.3, -0.25) is 9.59 Å². The van der Waals surface area contributed by atoms with Crippen LogP contribution in [0.5, 0.6) is 0 Å². The molecule has 0 N–H and O–H groups in total. The third kappa shape index (κ3) is 3.58. The molecule has 2 rings (SSSR count). The van der Waals surface area contributed by atoms with Gasteiger partial charge in [0.25, 0.3) is 5.91 Å². The highest BCUT2D eigenvalue weighted by Crippen LogP contribution is 2.22. The van der Waals surface area contributed by atoms with Gasteiger partial charge in [0.2, 0.25) is 5.91 Å². The second-order valence-electron chi connectivity index (χ2n) is 4.44. The lowest BCUT2D eigenvalue weighted by atomic mass is 10.2. The number of hydrogen-bond donors (Lipinski definition) is 0. The predicted octanol–water partition coefficient (Wildman–Crippen LogP) is 2.93. The Hall–Kier alpha value is -1.95. The van der Waals surface area contributed by atoms with E-state index in [9.17, 15) is 9.59 Å². The first-order valence-corrected chi connectivity index (χ1v) is 7.84. The molecule has 1 fully saturated rings. The maximum Gasteiger partial charge on any atom is 0.266 e. The Kier molecular flexibility index (Phi) is 5.27. The highest BCUT2D eigenvalue weighted by molar-refractivity contribution is 8.15. The Bertz CT molecular complexity index is 590. The van der Waals surface area contributed by atoms with Gasteiger partial charge in [-0.1, -0.05) is 43.8 Å². The fraction of sp³-hybridized carbons (Fsp3) is 0.333. The standard InChI is InChI=1S/C15H17N3O2S/c1-3-12(4-2)16-17-15-18(13(19)10-21-15)14(20)11-8-6-5-7-9-11/h5-9H,3-4,10H2,1-2H3/b17-15+. The van der Waals surface area contributed by atoms with Crippen molar-refractivity contribution in [1.29, 1.82) is 0 Å². The van der Waals surface area contributed by atoms with Gasteiger partial charge in [-0.15, -0.1) is 5.10 Å². The van der Waals surface area contributed by atoms with Crippen LogP contribution in [0.2, 0.25) is 0 Å². The molecule has 21 heavy (non-hydrogen) atoms. The van der Waals surface area contributed by atoms with Gasteiger partial charge in [0.05, 0.1) is 5.75 Å². The zero-order chi connectivity index (χ0) is 15.2. The van der Waals surface area contributed by atoms with Crippen molar-refractivity contribution in [3.63, 3.8) is 0 Å². The van der Waals surface area contributed by atoms with Gasteiger partial charge in [-0.05, 0) is 25.0 Å². The van der Waals surface area contributed by atoms with Crippen LogP contribution in [-0.4, -0.2) is 33.3 Å². The Balaban J connectivity index is 2.27. The molecule has 1 aromatic carbocycles. The molecule has 1 saturated heterocycles. The van der Waals surface area contributed by atoms with Crippen LogP contribution in [0.25, 0.3) is 0 Å². The third-order valence-corrected chi connectivity index (χ3v) is 4.00. The van der Waals surface area contributed by atoms with Gasteiger partial charge in [0, 0.05) is 11.3 Å². The van der Waals surface area contributed by atoms with Crippen molar-refractivity contribution in [3.05, 3.63) is 35.9 Å². The fourth-order valence-corrected chi connectivity index (χ4v) is 2.64. The number of benzene rings is 1. The van der Waals surface area contributed by atoms with Crippen molar-refractivity contribution in [2.45, 2.75) is 26.7 Å². The summed E-state index contributed by atoms with van der Waals surface area (Å²) in [4.78, 5) is 25.5. The van der Waals surface area contributed by atoms with Gasteiger partial charge in [0.15, 0.2) is 5.17 Å². The zero-order valence-corrected chi connectivity index (χ0v) is 12.9. The van der Waals surface area contributed by atoms with Gasteiger partial charge in [0.1, 0.15) is 0 Å². The van der Waals surface area contributed by atoms with E-state index in [0.29, 0.717) is 10.7 Å². The number of rotatable bonds is 4. The van der Waals surface area contributed by atoms with E-state index in [-0.39, 0.29) is 17.6 Å². The Morgan fingerprint density at radius 3 is 2.52 bits per heavy atom. The van der Waals surface area contributed by atoms with E-state index >= 15 is 0 Å². The molecule has 110 valence electrons. The lowest BCUT2D eigenvalue weighted by molar-refractivity contribution is -0.122. The summed E-state index contributed by atoms with van der Waals surface area (Å²) >= 11 is 1.24. The van der Waals surface area contributed by atoms with Crippen molar-refractivity contribution < 1.29 is 9.59 Å². The maximum atomic E-state index is 12.4. The Labute approximate surface area is 128 Å². The summed E-state index contributed by atoms with van der Waals surface area (Å²) in [7, 11) is 0. The molecular weight excluding hydrogens is 286 g/mol. The van der Waals surface area contributed by atoms with Crippen LogP contribution < -0.4 is 0 Å². The molecule has 0 atom stereocenters. The summed E-state index contributed by atoms with van der Waals surface area (Å²) in [6.45, 7) is 4.00. The van der Waals surface area contributed by atoms with Crippen LogP contribution in [-0.2, 0) is 4.79 Å². The first-order chi connectivity index (χ1) is 10.2. The largest absolute Gasteiger partial charge is 0.273 e. The van der Waals surface area contributed by atoms with Gasteiger partial charge in [-0.25, -0.2) is 4.90 Å². The van der Waals surface area contributed by atoms with Crippen molar-refractivity contribution in [3.8, 4) is 0 Å². The van der Waals surface area contributed by atoms with E-state index in [4.69, 9.17) is 0 Å². The summed E-state index contributed by atoms with van der Waals surface area (Å²) in [5, 5.41) is 8.59. The van der Waals surface area contributed by atoms with Crippen molar-refractivity contribution in [1.82, 2.24) is 4.90 Å².